The largest absolute Gasteiger partial charge is 0.455 e. The highest BCUT2D eigenvalue weighted by atomic mass is 35.5. The van der Waals surface area contributed by atoms with Gasteiger partial charge in [-0.1, -0.05) is 54.9 Å². The van der Waals surface area contributed by atoms with Crippen LogP contribution in [-0.4, -0.2) is 6.54 Å². The van der Waals surface area contributed by atoms with E-state index in [4.69, 9.17) is 16.0 Å². The Morgan fingerprint density at radius 1 is 1.10 bits per heavy atom. The van der Waals surface area contributed by atoms with E-state index in [0.717, 1.165) is 35.4 Å². The molecule has 3 aromatic rings. The van der Waals surface area contributed by atoms with Crippen LogP contribution in [0, 0.1) is 0 Å². The van der Waals surface area contributed by atoms with E-state index < -0.39 is 0 Å². The number of para-hydroxylation sites is 1. The van der Waals surface area contributed by atoms with Gasteiger partial charge in [-0.25, -0.2) is 0 Å². The number of nitrogens with one attached hydrogen (secondary N) is 1. The molecule has 0 aliphatic carbocycles. The van der Waals surface area contributed by atoms with Crippen molar-refractivity contribution in [2.45, 2.75) is 13.5 Å². The topological polar surface area (TPSA) is 25.2 Å². The molecule has 20 heavy (non-hydrogen) atoms. The summed E-state index contributed by atoms with van der Waals surface area (Å²) < 4.78 is 5.86. The third-order valence-electron chi connectivity index (χ3n) is 3.31. The lowest BCUT2D eigenvalue weighted by atomic mass is 10.1. The van der Waals surface area contributed by atoms with Crippen LogP contribution in [0.4, 0.5) is 0 Å². The zero-order chi connectivity index (χ0) is 13.9. The summed E-state index contributed by atoms with van der Waals surface area (Å²) in [7, 11) is 0. The molecule has 0 saturated carbocycles. The molecule has 0 saturated heterocycles. The molecular weight excluding hydrogens is 270 g/mol. The second-order valence-corrected chi connectivity index (χ2v) is 5.15. The van der Waals surface area contributed by atoms with Crippen LogP contribution < -0.4 is 5.32 Å². The van der Waals surface area contributed by atoms with Crippen molar-refractivity contribution in [1.29, 1.82) is 0 Å². The Hall–Kier alpha value is -1.77. The van der Waals surface area contributed by atoms with Gasteiger partial charge >= 0.3 is 0 Å². The van der Waals surface area contributed by atoms with E-state index in [-0.39, 0.29) is 0 Å². The Labute approximate surface area is 123 Å². The molecule has 1 heterocycles. The molecule has 0 atom stereocenters. The first-order valence-corrected chi connectivity index (χ1v) is 7.14. The summed E-state index contributed by atoms with van der Waals surface area (Å²) in [6.07, 6.45) is 0. The Morgan fingerprint density at radius 3 is 2.60 bits per heavy atom. The number of benzene rings is 2. The first-order chi connectivity index (χ1) is 9.78. The van der Waals surface area contributed by atoms with Crippen LogP contribution in [0.3, 0.4) is 0 Å². The summed E-state index contributed by atoms with van der Waals surface area (Å²) >= 11 is 6.14. The van der Waals surface area contributed by atoms with Gasteiger partial charge in [-0.2, -0.15) is 0 Å². The highest BCUT2D eigenvalue weighted by molar-refractivity contribution is 6.34. The van der Waals surface area contributed by atoms with Gasteiger partial charge in [0.15, 0.2) is 5.58 Å². The van der Waals surface area contributed by atoms with E-state index in [0.29, 0.717) is 5.02 Å². The molecule has 102 valence electrons. The molecule has 0 bridgehead atoms. The van der Waals surface area contributed by atoms with E-state index in [1.165, 1.54) is 5.56 Å². The SMILES string of the molecule is CCNCc1ccc(-c2cc3cccc(Cl)c3o2)cc1. The fraction of sp³-hybridized carbons (Fsp3) is 0.176. The monoisotopic (exact) mass is 285 g/mol. The first-order valence-electron chi connectivity index (χ1n) is 6.76. The summed E-state index contributed by atoms with van der Waals surface area (Å²) in [6.45, 7) is 3.97. The molecule has 0 spiro atoms. The number of halogens is 1. The number of hydrogen-bond donors (Lipinski definition) is 1. The van der Waals surface area contributed by atoms with Gasteiger partial charge in [-0.15, -0.1) is 0 Å². The predicted octanol–water partition coefficient (Wildman–Crippen LogP) is 4.86. The molecule has 0 aliphatic rings. The van der Waals surface area contributed by atoms with E-state index in [1.54, 1.807) is 0 Å². The number of rotatable bonds is 4. The van der Waals surface area contributed by atoms with Crippen molar-refractivity contribution in [3.05, 3.63) is 59.1 Å². The number of fused-ring (bicyclic) bond motifs is 1. The molecule has 0 radical (unpaired) electrons. The van der Waals surface area contributed by atoms with Gasteiger partial charge in [0.25, 0.3) is 0 Å². The van der Waals surface area contributed by atoms with Crippen LogP contribution in [0.1, 0.15) is 12.5 Å². The van der Waals surface area contributed by atoms with Crippen LogP contribution in [0.5, 0.6) is 0 Å². The molecule has 0 amide bonds. The summed E-state index contributed by atoms with van der Waals surface area (Å²) in [5.41, 5.74) is 3.09. The third-order valence-corrected chi connectivity index (χ3v) is 3.61. The second kappa shape index (κ2) is 5.70. The maximum absolute atomic E-state index is 6.14. The van der Waals surface area contributed by atoms with Crippen molar-refractivity contribution < 1.29 is 4.42 Å². The van der Waals surface area contributed by atoms with Crippen LogP contribution >= 0.6 is 11.6 Å². The predicted molar refractivity (Wildman–Crippen MR) is 84.0 cm³/mol. The lowest BCUT2D eigenvalue weighted by Crippen LogP contribution is -2.11. The first kappa shape index (κ1) is 13.2. The normalized spacial score (nSPS) is 11.1. The molecule has 3 heteroatoms. The van der Waals surface area contributed by atoms with E-state index >= 15 is 0 Å². The van der Waals surface area contributed by atoms with Gasteiger partial charge in [0.2, 0.25) is 0 Å². The van der Waals surface area contributed by atoms with Gasteiger partial charge in [0.1, 0.15) is 5.76 Å². The summed E-state index contributed by atoms with van der Waals surface area (Å²) in [4.78, 5) is 0. The van der Waals surface area contributed by atoms with Gasteiger partial charge in [0, 0.05) is 17.5 Å². The standard InChI is InChI=1S/C17H16ClNO/c1-2-19-11-12-6-8-13(9-7-12)16-10-14-4-3-5-15(18)17(14)20-16/h3-10,19H,2,11H2,1H3. The lowest BCUT2D eigenvalue weighted by molar-refractivity contribution is 0.631. The average Bonchev–Trinajstić information content (AvgIpc) is 2.91. The highest BCUT2D eigenvalue weighted by Crippen LogP contribution is 2.31. The maximum atomic E-state index is 6.14. The zero-order valence-corrected chi connectivity index (χ0v) is 12.1. The molecule has 1 N–H and O–H groups in total. The van der Waals surface area contributed by atoms with E-state index in [1.807, 2.05) is 24.3 Å². The minimum atomic E-state index is 0.650. The quantitative estimate of drug-likeness (QED) is 0.740. The van der Waals surface area contributed by atoms with Crippen LogP contribution in [0.15, 0.2) is 52.9 Å². The fourth-order valence-corrected chi connectivity index (χ4v) is 2.45. The Kier molecular flexibility index (Phi) is 3.77. The highest BCUT2D eigenvalue weighted by Gasteiger charge is 2.08. The number of hydrogen-bond acceptors (Lipinski definition) is 2. The van der Waals surface area contributed by atoms with Gasteiger partial charge in [-0.05, 0) is 24.2 Å². The molecule has 3 rings (SSSR count). The van der Waals surface area contributed by atoms with Crippen molar-refractivity contribution in [2.24, 2.45) is 0 Å². The zero-order valence-electron chi connectivity index (χ0n) is 11.3. The van der Waals surface area contributed by atoms with Crippen LogP contribution in [0.2, 0.25) is 5.02 Å². The smallest absolute Gasteiger partial charge is 0.153 e. The molecule has 0 fully saturated rings. The summed E-state index contributed by atoms with van der Waals surface area (Å²) in [5, 5.41) is 4.99. The van der Waals surface area contributed by atoms with Crippen molar-refractivity contribution >= 4 is 22.6 Å². The summed E-state index contributed by atoms with van der Waals surface area (Å²) in [6, 6.07) is 16.2. The second-order valence-electron chi connectivity index (χ2n) is 4.75. The fourth-order valence-electron chi connectivity index (χ4n) is 2.23. The molecule has 0 aliphatic heterocycles. The molecule has 2 aromatic carbocycles. The van der Waals surface area contributed by atoms with Crippen molar-refractivity contribution in [3.8, 4) is 11.3 Å². The third kappa shape index (κ3) is 2.58. The lowest BCUT2D eigenvalue weighted by Gasteiger charge is -2.03. The van der Waals surface area contributed by atoms with Crippen LogP contribution in [-0.2, 0) is 6.54 Å². The van der Waals surface area contributed by atoms with E-state index in [2.05, 4.69) is 36.5 Å². The minimum Gasteiger partial charge on any atom is -0.455 e. The van der Waals surface area contributed by atoms with Gasteiger partial charge < -0.3 is 9.73 Å². The van der Waals surface area contributed by atoms with Crippen molar-refractivity contribution in [2.75, 3.05) is 6.54 Å². The van der Waals surface area contributed by atoms with Crippen molar-refractivity contribution in [3.63, 3.8) is 0 Å². The summed E-state index contributed by atoms with van der Waals surface area (Å²) in [5.74, 6) is 0.850. The molecular formula is C17H16ClNO. The number of furan rings is 1. The van der Waals surface area contributed by atoms with Crippen molar-refractivity contribution in [1.82, 2.24) is 5.32 Å². The van der Waals surface area contributed by atoms with Crippen LogP contribution in [0.25, 0.3) is 22.3 Å². The molecule has 0 unspecified atom stereocenters. The van der Waals surface area contributed by atoms with Gasteiger partial charge in [0.05, 0.1) is 5.02 Å². The maximum Gasteiger partial charge on any atom is 0.153 e. The average molecular weight is 286 g/mol. The Balaban J connectivity index is 1.92. The molecule has 1 aromatic heterocycles. The Morgan fingerprint density at radius 2 is 1.90 bits per heavy atom. The Bertz CT molecular complexity index is 715. The minimum absolute atomic E-state index is 0.650. The van der Waals surface area contributed by atoms with Gasteiger partial charge in [-0.3, -0.25) is 0 Å². The van der Waals surface area contributed by atoms with E-state index in [9.17, 15) is 0 Å². The molecule has 2 nitrogen and oxygen atoms in total.